The normalized spacial score (nSPS) is 13.1. The highest BCUT2D eigenvalue weighted by atomic mass is 15.1. The molecular formula is C56H39N. The zero-order valence-electron chi connectivity index (χ0n) is 38.8. The lowest BCUT2D eigenvalue weighted by atomic mass is 9.89. The lowest BCUT2D eigenvalue weighted by Gasteiger charge is -2.26. The predicted molar refractivity (Wildman–Crippen MR) is 243 cm³/mol. The van der Waals surface area contributed by atoms with E-state index in [0.717, 1.165) is 54.9 Å². The first-order valence-corrected chi connectivity index (χ1v) is 18.9. The molecule has 0 heterocycles. The molecular weight excluding hydrogens is 687 g/mol. The second-order valence-corrected chi connectivity index (χ2v) is 13.9. The van der Waals surface area contributed by atoms with Gasteiger partial charge in [0.15, 0.2) is 0 Å². The Morgan fingerprint density at radius 2 is 0.737 bits per heavy atom. The lowest BCUT2D eigenvalue weighted by Crippen LogP contribution is -2.09. The summed E-state index contributed by atoms with van der Waals surface area (Å²) in [6.45, 7) is 0. The third-order valence-electron chi connectivity index (χ3n) is 10.4. The van der Waals surface area contributed by atoms with Crippen molar-refractivity contribution in [3.8, 4) is 55.6 Å². The van der Waals surface area contributed by atoms with Crippen molar-refractivity contribution in [3.05, 3.63) is 236 Å². The highest BCUT2D eigenvalue weighted by molar-refractivity contribution is 6.04. The van der Waals surface area contributed by atoms with Crippen molar-refractivity contribution in [1.29, 1.82) is 0 Å². The molecule has 10 rings (SSSR count). The first-order chi connectivity index (χ1) is 31.6. The summed E-state index contributed by atoms with van der Waals surface area (Å²) in [5.74, 6) is 0. The predicted octanol–water partition coefficient (Wildman–Crippen LogP) is 15.8. The van der Waals surface area contributed by atoms with Gasteiger partial charge in [-0.25, -0.2) is 0 Å². The Morgan fingerprint density at radius 3 is 1.39 bits per heavy atom. The van der Waals surface area contributed by atoms with E-state index in [1.54, 1.807) is 30.3 Å². The summed E-state index contributed by atoms with van der Waals surface area (Å²) in [5.41, 5.74) is 7.03. The highest BCUT2D eigenvalue weighted by Crippen LogP contribution is 2.42. The van der Waals surface area contributed by atoms with Gasteiger partial charge in [0.1, 0.15) is 0 Å². The summed E-state index contributed by atoms with van der Waals surface area (Å²) in [6.07, 6.45) is 0. The van der Waals surface area contributed by atoms with E-state index in [4.69, 9.17) is 0 Å². The molecule has 0 aliphatic carbocycles. The van der Waals surface area contributed by atoms with E-state index in [0.29, 0.717) is 16.8 Å². The monoisotopic (exact) mass is 733 g/mol. The van der Waals surface area contributed by atoms with Gasteiger partial charge < -0.3 is 4.90 Å². The fourth-order valence-electron chi connectivity index (χ4n) is 7.61. The quantitative estimate of drug-likeness (QED) is 0.150. The summed E-state index contributed by atoms with van der Waals surface area (Å²) in [7, 11) is 0. The third kappa shape index (κ3) is 6.66. The van der Waals surface area contributed by atoms with Gasteiger partial charge in [-0.15, -0.1) is 0 Å². The number of benzene rings is 10. The van der Waals surface area contributed by atoms with Crippen LogP contribution in [0.1, 0.15) is 11.0 Å². The van der Waals surface area contributed by atoms with E-state index >= 15 is 0 Å². The van der Waals surface area contributed by atoms with Crippen LogP contribution in [-0.4, -0.2) is 0 Å². The van der Waals surface area contributed by atoms with Gasteiger partial charge in [0, 0.05) is 17.1 Å². The summed E-state index contributed by atoms with van der Waals surface area (Å²) in [4.78, 5) is 1.36. The Bertz CT molecular complexity index is 3380. The zero-order chi connectivity index (χ0) is 44.9. The lowest BCUT2D eigenvalue weighted by molar-refractivity contribution is 1.28. The largest absolute Gasteiger partial charge is 0.311 e. The Kier molecular flexibility index (Phi) is 6.92. The molecule has 0 unspecified atom stereocenters. The molecule has 10 aromatic rings. The molecule has 0 fully saturated rings. The molecule has 1 nitrogen and oxygen atoms in total. The maximum absolute atomic E-state index is 9.62. The molecule has 0 aliphatic heterocycles. The van der Waals surface area contributed by atoms with Gasteiger partial charge >= 0.3 is 0 Å². The van der Waals surface area contributed by atoms with Crippen molar-refractivity contribution in [2.45, 2.75) is 0 Å². The van der Waals surface area contributed by atoms with E-state index in [9.17, 15) is 11.0 Å². The molecule has 0 saturated heterocycles. The van der Waals surface area contributed by atoms with Gasteiger partial charge in [-0.3, -0.25) is 0 Å². The minimum absolute atomic E-state index is 0.105. The van der Waals surface area contributed by atoms with Crippen LogP contribution in [0.5, 0.6) is 0 Å². The number of rotatable bonds is 8. The summed E-state index contributed by atoms with van der Waals surface area (Å²) in [5, 5.41) is 3.74. The van der Waals surface area contributed by atoms with Crippen molar-refractivity contribution in [1.82, 2.24) is 0 Å². The molecule has 268 valence electrons. The average Bonchev–Trinajstić information content (AvgIpc) is 3.35. The van der Waals surface area contributed by atoms with Crippen LogP contribution in [0.3, 0.4) is 0 Å². The molecule has 0 atom stereocenters. The number of hydrogen-bond donors (Lipinski definition) is 0. The van der Waals surface area contributed by atoms with Gasteiger partial charge in [-0.1, -0.05) is 200 Å². The van der Waals surface area contributed by atoms with Gasteiger partial charge in [0.05, 0.1) is 11.0 Å². The Balaban J connectivity index is 1.19. The topological polar surface area (TPSA) is 3.24 Å². The maximum atomic E-state index is 9.62. The molecule has 0 amide bonds. The average molecular weight is 734 g/mol. The van der Waals surface area contributed by atoms with Gasteiger partial charge in [0.2, 0.25) is 0 Å². The number of anilines is 3. The number of hydrogen-bond acceptors (Lipinski definition) is 1. The molecule has 0 bridgehead atoms. The standard InChI is InChI=1S/C56H39N/c1-3-12-40(13-4-1)41-22-24-42(25-23-41)43-26-33-49(34-27-43)57(50-35-28-47(29-36-50)53-21-11-18-44-16-7-9-19-52(44)53)51-37-30-48(31-38-51)56-54-20-10-8-17-46(54)32-39-55(56)45-14-5-2-6-15-45/h1-39H/i26D,27D,28D,29D,33D,34D,35D,36D. The summed E-state index contributed by atoms with van der Waals surface area (Å²) in [6, 6.07) is 57.4. The van der Waals surface area contributed by atoms with Crippen molar-refractivity contribution < 1.29 is 11.0 Å². The summed E-state index contributed by atoms with van der Waals surface area (Å²) < 4.78 is 76.2. The van der Waals surface area contributed by atoms with Crippen LogP contribution in [-0.2, 0) is 0 Å². The van der Waals surface area contributed by atoms with Crippen LogP contribution in [0.25, 0.3) is 77.2 Å². The first kappa shape index (κ1) is 26.3. The highest BCUT2D eigenvalue weighted by Gasteiger charge is 2.17. The molecule has 0 saturated carbocycles. The van der Waals surface area contributed by atoms with E-state index < -0.39 is 24.2 Å². The minimum Gasteiger partial charge on any atom is -0.311 e. The van der Waals surface area contributed by atoms with Crippen LogP contribution < -0.4 is 4.90 Å². The van der Waals surface area contributed by atoms with Crippen molar-refractivity contribution in [3.63, 3.8) is 0 Å². The first-order valence-electron chi connectivity index (χ1n) is 22.9. The smallest absolute Gasteiger partial charge is 0.0645 e. The number of nitrogens with zero attached hydrogens (tertiary/aromatic N) is 1. The third-order valence-corrected chi connectivity index (χ3v) is 10.4. The molecule has 0 radical (unpaired) electrons. The molecule has 57 heavy (non-hydrogen) atoms. The Morgan fingerprint density at radius 1 is 0.263 bits per heavy atom. The van der Waals surface area contributed by atoms with Crippen molar-refractivity contribution >= 4 is 38.6 Å². The fourth-order valence-corrected chi connectivity index (χ4v) is 7.61. The van der Waals surface area contributed by atoms with Gasteiger partial charge in [-0.2, -0.15) is 0 Å². The van der Waals surface area contributed by atoms with E-state index in [1.165, 1.54) is 4.90 Å². The molecule has 1 heteroatoms. The molecule has 0 spiro atoms. The molecule has 10 aromatic carbocycles. The van der Waals surface area contributed by atoms with E-state index in [-0.39, 0.29) is 46.7 Å². The minimum atomic E-state index is -0.396. The Hall–Kier alpha value is -7.48. The van der Waals surface area contributed by atoms with E-state index in [2.05, 4.69) is 36.4 Å². The van der Waals surface area contributed by atoms with Crippen LogP contribution in [0.2, 0.25) is 0 Å². The second-order valence-electron chi connectivity index (χ2n) is 13.9. The van der Waals surface area contributed by atoms with Crippen LogP contribution in [0, 0.1) is 0 Å². The second kappa shape index (κ2) is 15.0. The van der Waals surface area contributed by atoms with E-state index in [1.807, 2.05) is 121 Å². The molecule has 0 aliphatic rings. The number of fused-ring (bicyclic) bond motifs is 2. The SMILES string of the molecule is [2H]c1c([2H])c(N(c2ccc(-c3c(-c4ccccc4)ccc4ccccc34)cc2)c2c([2H])c([2H])c(-c3cccc4ccccc34)c([2H])c2[2H])c([2H])c([2H])c1-c1ccc(-c2ccccc2)cc1. The van der Waals surface area contributed by atoms with Crippen LogP contribution in [0.4, 0.5) is 17.1 Å². The van der Waals surface area contributed by atoms with Crippen molar-refractivity contribution in [2.24, 2.45) is 0 Å². The van der Waals surface area contributed by atoms with Crippen molar-refractivity contribution in [2.75, 3.05) is 4.90 Å². The van der Waals surface area contributed by atoms with Gasteiger partial charge in [-0.05, 0) is 113 Å². The maximum Gasteiger partial charge on any atom is 0.0645 e. The summed E-state index contributed by atoms with van der Waals surface area (Å²) >= 11 is 0. The Labute approximate surface area is 345 Å². The van der Waals surface area contributed by atoms with Crippen LogP contribution in [0.15, 0.2) is 236 Å². The molecule has 0 N–H and O–H groups in total. The zero-order valence-corrected chi connectivity index (χ0v) is 30.8. The van der Waals surface area contributed by atoms with Gasteiger partial charge in [0.25, 0.3) is 0 Å². The molecule has 0 aromatic heterocycles. The fraction of sp³-hybridized carbons (Fsp3) is 0. The van der Waals surface area contributed by atoms with Crippen LogP contribution >= 0.6 is 0 Å².